The number of nitrogens with zero attached hydrogens (tertiary/aromatic N) is 1. The minimum Gasteiger partial charge on any atom is -0.355 e. The SMILES string of the molecule is NCc1ccc(CN2CCNC(=O)CC2)c(F)c1. The highest BCUT2D eigenvalue weighted by Gasteiger charge is 2.15. The minimum atomic E-state index is -0.221. The molecule has 0 radical (unpaired) electrons. The molecule has 0 saturated carbocycles. The number of amides is 1. The lowest BCUT2D eigenvalue weighted by molar-refractivity contribution is -0.120. The highest BCUT2D eigenvalue weighted by molar-refractivity contribution is 5.76. The van der Waals surface area contributed by atoms with E-state index in [0.717, 1.165) is 12.1 Å². The Balaban J connectivity index is 2.02. The number of hydrogen-bond donors (Lipinski definition) is 2. The Morgan fingerprint density at radius 2 is 2.22 bits per heavy atom. The van der Waals surface area contributed by atoms with Crippen LogP contribution in [-0.2, 0) is 17.9 Å². The zero-order valence-electron chi connectivity index (χ0n) is 10.3. The van der Waals surface area contributed by atoms with Crippen LogP contribution in [0.5, 0.6) is 0 Å². The van der Waals surface area contributed by atoms with Crippen molar-refractivity contribution < 1.29 is 9.18 Å². The Hall–Kier alpha value is -1.46. The van der Waals surface area contributed by atoms with Crippen molar-refractivity contribution in [3.05, 3.63) is 35.1 Å². The van der Waals surface area contributed by atoms with Crippen LogP contribution in [0.2, 0.25) is 0 Å². The van der Waals surface area contributed by atoms with Crippen LogP contribution in [0.25, 0.3) is 0 Å². The summed E-state index contributed by atoms with van der Waals surface area (Å²) in [6, 6.07) is 5.11. The van der Waals surface area contributed by atoms with E-state index in [1.165, 1.54) is 6.07 Å². The summed E-state index contributed by atoms with van der Waals surface area (Å²) in [6.07, 6.45) is 0.475. The molecule has 0 aromatic heterocycles. The fraction of sp³-hybridized carbons (Fsp3) is 0.462. The molecule has 1 aromatic carbocycles. The molecule has 98 valence electrons. The van der Waals surface area contributed by atoms with E-state index in [1.54, 1.807) is 6.07 Å². The van der Waals surface area contributed by atoms with Crippen molar-refractivity contribution in [3.63, 3.8) is 0 Å². The number of rotatable bonds is 3. The van der Waals surface area contributed by atoms with Gasteiger partial charge in [-0.2, -0.15) is 0 Å². The van der Waals surface area contributed by atoms with Crippen molar-refractivity contribution in [2.24, 2.45) is 5.73 Å². The van der Waals surface area contributed by atoms with Gasteiger partial charge in [0.05, 0.1) is 0 Å². The van der Waals surface area contributed by atoms with Gasteiger partial charge in [-0.3, -0.25) is 9.69 Å². The summed E-state index contributed by atoms with van der Waals surface area (Å²) in [4.78, 5) is 13.3. The molecule has 1 fully saturated rings. The smallest absolute Gasteiger partial charge is 0.221 e. The number of carbonyl (C=O) groups excluding carboxylic acids is 1. The molecular weight excluding hydrogens is 233 g/mol. The molecule has 2 rings (SSSR count). The van der Waals surface area contributed by atoms with Gasteiger partial charge >= 0.3 is 0 Å². The Labute approximate surface area is 106 Å². The second kappa shape index (κ2) is 5.93. The highest BCUT2D eigenvalue weighted by Crippen LogP contribution is 2.13. The van der Waals surface area contributed by atoms with Crippen LogP contribution >= 0.6 is 0 Å². The summed E-state index contributed by atoms with van der Waals surface area (Å²) >= 11 is 0. The fourth-order valence-corrected chi connectivity index (χ4v) is 2.06. The molecule has 0 bridgehead atoms. The predicted octanol–water partition coefficient (Wildman–Crippen LogP) is 0.606. The molecule has 1 amide bonds. The van der Waals surface area contributed by atoms with E-state index in [9.17, 15) is 9.18 Å². The van der Waals surface area contributed by atoms with Crippen LogP contribution in [0.3, 0.4) is 0 Å². The molecule has 1 aromatic rings. The highest BCUT2D eigenvalue weighted by atomic mass is 19.1. The Bertz CT molecular complexity index is 436. The van der Waals surface area contributed by atoms with E-state index in [4.69, 9.17) is 5.73 Å². The maximum atomic E-state index is 13.8. The van der Waals surface area contributed by atoms with Gasteiger partial charge in [0.1, 0.15) is 5.82 Å². The topological polar surface area (TPSA) is 58.4 Å². The number of hydrogen-bond acceptors (Lipinski definition) is 3. The molecule has 3 N–H and O–H groups in total. The van der Waals surface area contributed by atoms with Gasteiger partial charge in [0.25, 0.3) is 0 Å². The molecule has 1 aliphatic heterocycles. The van der Waals surface area contributed by atoms with E-state index in [0.29, 0.717) is 38.2 Å². The van der Waals surface area contributed by atoms with Crippen LogP contribution in [0.4, 0.5) is 4.39 Å². The molecule has 0 atom stereocenters. The Kier molecular flexibility index (Phi) is 4.28. The summed E-state index contributed by atoms with van der Waals surface area (Å²) in [5.41, 5.74) is 6.92. The number of halogens is 1. The van der Waals surface area contributed by atoms with Gasteiger partial charge in [-0.25, -0.2) is 4.39 Å². The van der Waals surface area contributed by atoms with Gasteiger partial charge in [-0.05, 0) is 11.6 Å². The summed E-state index contributed by atoms with van der Waals surface area (Å²) in [6.45, 7) is 2.93. The average Bonchev–Trinajstić information content (AvgIpc) is 2.57. The lowest BCUT2D eigenvalue weighted by Gasteiger charge is -2.19. The summed E-state index contributed by atoms with van der Waals surface area (Å²) in [7, 11) is 0. The van der Waals surface area contributed by atoms with Crippen molar-refractivity contribution >= 4 is 5.91 Å². The van der Waals surface area contributed by atoms with Crippen LogP contribution in [0.1, 0.15) is 17.5 Å². The second-order valence-corrected chi connectivity index (χ2v) is 4.51. The van der Waals surface area contributed by atoms with Crippen LogP contribution in [0, 0.1) is 5.82 Å². The number of nitrogens with one attached hydrogen (secondary N) is 1. The van der Waals surface area contributed by atoms with Gasteiger partial charge in [0.2, 0.25) is 5.91 Å². The molecular formula is C13H18FN3O. The van der Waals surface area contributed by atoms with Crippen LogP contribution in [-0.4, -0.2) is 30.4 Å². The first-order valence-corrected chi connectivity index (χ1v) is 6.15. The molecule has 1 saturated heterocycles. The summed E-state index contributed by atoms with van der Waals surface area (Å²) in [5, 5.41) is 2.80. The largest absolute Gasteiger partial charge is 0.355 e. The van der Waals surface area contributed by atoms with E-state index >= 15 is 0 Å². The molecule has 0 unspecified atom stereocenters. The normalized spacial score (nSPS) is 17.3. The lowest BCUT2D eigenvalue weighted by atomic mass is 10.1. The van der Waals surface area contributed by atoms with Crippen molar-refractivity contribution in [3.8, 4) is 0 Å². The van der Waals surface area contributed by atoms with E-state index in [1.807, 2.05) is 6.07 Å². The summed E-state index contributed by atoms with van der Waals surface area (Å²) < 4.78 is 13.8. The Morgan fingerprint density at radius 3 is 2.94 bits per heavy atom. The third kappa shape index (κ3) is 3.27. The molecule has 4 nitrogen and oxygen atoms in total. The minimum absolute atomic E-state index is 0.0662. The zero-order valence-corrected chi connectivity index (χ0v) is 10.3. The van der Waals surface area contributed by atoms with Gasteiger partial charge in [0, 0.05) is 44.7 Å². The molecule has 0 spiro atoms. The van der Waals surface area contributed by atoms with Crippen molar-refractivity contribution in [2.45, 2.75) is 19.5 Å². The lowest BCUT2D eigenvalue weighted by Crippen LogP contribution is -2.28. The zero-order chi connectivity index (χ0) is 13.0. The van der Waals surface area contributed by atoms with Crippen LogP contribution in [0.15, 0.2) is 18.2 Å². The average molecular weight is 251 g/mol. The molecule has 5 heteroatoms. The first-order chi connectivity index (χ1) is 8.69. The van der Waals surface area contributed by atoms with E-state index in [-0.39, 0.29) is 11.7 Å². The molecule has 18 heavy (non-hydrogen) atoms. The van der Waals surface area contributed by atoms with E-state index in [2.05, 4.69) is 10.2 Å². The van der Waals surface area contributed by atoms with E-state index < -0.39 is 0 Å². The van der Waals surface area contributed by atoms with Gasteiger partial charge in [0.15, 0.2) is 0 Å². The monoisotopic (exact) mass is 251 g/mol. The third-order valence-electron chi connectivity index (χ3n) is 3.15. The maximum Gasteiger partial charge on any atom is 0.221 e. The van der Waals surface area contributed by atoms with Crippen molar-refractivity contribution in [2.75, 3.05) is 19.6 Å². The number of benzene rings is 1. The first-order valence-electron chi connectivity index (χ1n) is 6.15. The number of nitrogens with two attached hydrogens (primary N) is 1. The quantitative estimate of drug-likeness (QED) is 0.827. The maximum absolute atomic E-state index is 13.8. The van der Waals surface area contributed by atoms with Gasteiger partial charge in [-0.1, -0.05) is 12.1 Å². The molecule has 0 aliphatic carbocycles. The standard InChI is InChI=1S/C13H18FN3O/c14-12-7-10(8-15)1-2-11(12)9-17-5-3-13(18)16-4-6-17/h1-2,7H,3-6,8-9,15H2,(H,16,18). The van der Waals surface area contributed by atoms with Gasteiger partial charge < -0.3 is 11.1 Å². The second-order valence-electron chi connectivity index (χ2n) is 4.51. The van der Waals surface area contributed by atoms with Gasteiger partial charge in [-0.15, -0.1) is 0 Å². The molecule has 1 heterocycles. The Morgan fingerprint density at radius 1 is 1.39 bits per heavy atom. The van der Waals surface area contributed by atoms with Crippen LogP contribution < -0.4 is 11.1 Å². The number of carbonyl (C=O) groups is 1. The molecule has 1 aliphatic rings. The first kappa shape index (κ1) is 13.0. The third-order valence-corrected chi connectivity index (χ3v) is 3.15. The predicted molar refractivity (Wildman–Crippen MR) is 67.2 cm³/mol. The fourth-order valence-electron chi connectivity index (χ4n) is 2.06. The summed E-state index contributed by atoms with van der Waals surface area (Å²) in [5.74, 6) is -0.155. The van der Waals surface area contributed by atoms with Crippen molar-refractivity contribution in [1.29, 1.82) is 0 Å². The van der Waals surface area contributed by atoms with Crippen molar-refractivity contribution in [1.82, 2.24) is 10.2 Å².